The first-order valence-corrected chi connectivity index (χ1v) is 8.72. The van der Waals surface area contributed by atoms with E-state index in [-0.39, 0.29) is 5.52 Å². The molecule has 0 bridgehead atoms. The molecular formula is C23H18FNO2. The lowest BCUT2D eigenvalue weighted by Gasteiger charge is -2.11. The Morgan fingerprint density at radius 3 is 1.96 bits per heavy atom. The number of ether oxygens (including phenoxy) is 2. The maximum absolute atomic E-state index is 14.3. The van der Waals surface area contributed by atoms with Crippen molar-refractivity contribution in [3.8, 4) is 11.6 Å². The summed E-state index contributed by atoms with van der Waals surface area (Å²) < 4.78 is 25.9. The third kappa shape index (κ3) is 4.06. The molecule has 0 atom stereocenters. The van der Waals surface area contributed by atoms with Gasteiger partial charge in [0.25, 0.3) is 0 Å². The molecule has 1 heterocycles. The summed E-state index contributed by atoms with van der Waals surface area (Å²) in [6, 6.07) is 26.1. The zero-order chi connectivity index (χ0) is 18.5. The van der Waals surface area contributed by atoms with Crippen LogP contribution in [-0.2, 0) is 13.2 Å². The lowest BCUT2D eigenvalue weighted by atomic mass is 10.2. The van der Waals surface area contributed by atoms with Crippen molar-refractivity contribution >= 4 is 10.9 Å². The molecule has 0 unspecified atom stereocenters. The molecule has 0 aliphatic heterocycles. The second-order valence-electron chi connectivity index (χ2n) is 6.14. The highest BCUT2D eigenvalue weighted by Crippen LogP contribution is 2.29. The predicted molar refractivity (Wildman–Crippen MR) is 103 cm³/mol. The quantitative estimate of drug-likeness (QED) is 0.453. The second kappa shape index (κ2) is 7.87. The minimum atomic E-state index is -0.401. The first-order chi connectivity index (χ1) is 13.3. The van der Waals surface area contributed by atoms with Gasteiger partial charge >= 0.3 is 0 Å². The number of nitrogens with zero attached hydrogens (tertiary/aromatic N) is 1. The SMILES string of the molecule is Fc1ccc(OCc2ccccc2)c2ccc(OCc3ccccc3)nc12. The average Bonchev–Trinajstić information content (AvgIpc) is 2.73. The first-order valence-electron chi connectivity index (χ1n) is 8.72. The summed E-state index contributed by atoms with van der Waals surface area (Å²) >= 11 is 0. The molecule has 0 aliphatic rings. The molecule has 4 heteroatoms. The summed E-state index contributed by atoms with van der Waals surface area (Å²) in [5.74, 6) is 0.574. The Kier molecular flexibility index (Phi) is 4.97. The molecule has 0 saturated heterocycles. The fraction of sp³-hybridized carbons (Fsp3) is 0.0870. The van der Waals surface area contributed by atoms with E-state index in [9.17, 15) is 4.39 Å². The smallest absolute Gasteiger partial charge is 0.214 e. The van der Waals surface area contributed by atoms with Gasteiger partial charge in [-0.15, -0.1) is 0 Å². The van der Waals surface area contributed by atoms with Crippen LogP contribution in [0.25, 0.3) is 10.9 Å². The number of fused-ring (bicyclic) bond motifs is 1. The van der Waals surface area contributed by atoms with Gasteiger partial charge < -0.3 is 9.47 Å². The number of halogens is 1. The van der Waals surface area contributed by atoms with Crippen LogP contribution < -0.4 is 9.47 Å². The number of aromatic nitrogens is 1. The maximum atomic E-state index is 14.3. The third-order valence-electron chi connectivity index (χ3n) is 4.21. The molecule has 0 radical (unpaired) electrons. The van der Waals surface area contributed by atoms with Crippen LogP contribution >= 0.6 is 0 Å². The lowest BCUT2D eigenvalue weighted by Crippen LogP contribution is -1.99. The van der Waals surface area contributed by atoms with Gasteiger partial charge in [0.1, 0.15) is 30.3 Å². The van der Waals surface area contributed by atoms with Crippen molar-refractivity contribution in [2.24, 2.45) is 0 Å². The zero-order valence-electron chi connectivity index (χ0n) is 14.6. The van der Waals surface area contributed by atoms with Gasteiger partial charge in [0.15, 0.2) is 0 Å². The highest BCUT2D eigenvalue weighted by Gasteiger charge is 2.10. The monoisotopic (exact) mass is 359 g/mol. The number of hydrogen-bond donors (Lipinski definition) is 0. The summed E-state index contributed by atoms with van der Waals surface area (Å²) in [7, 11) is 0. The molecule has 134 valence electrons. The van der Waals surface area contributed by atoms with Crippen molar-refractivity contribution in [2.45, 2.75) is 13.2 Å². The minimum Gasteiger partial charge on any atom is -0.488 e. The minimum absolute atomic E-state index is 0.242. The van der Waals surface area contributed by atoms with Crippen molar-refractivity contribution in [1.29, 1.82) is 0 Å². The molecule has 27 heavy (non-hydrogen) atoms. The van der Waals surface area contributed by atoms with E-state index < -0.39 is 5.82 Å². The molecule has 0 spiro atoms. The Labute approximate surface area is 157 Å². The van der Waals surface area contributed by atoms with Crippen LogP contribution in [0.1, 0.15) is 11.1 Å². The summed E-state index contributed by atoms with van der Waals surface area (Å²) in [5.41, 5.74) is 2.32. The Hall–Kier alpha value is -3.40. The summed E-state index contributed by atoms with van der Waals surface area (Å²) in [6.45, 7) is 0.791. The van der Waals surface area contributed by atoms with Gasteiger partial charge in [-0.2, -0.15) is 0 Å². The average molecular weight is 359 g/mol. The van der Waals surface area contributed by atoms with Crippen molar-refractivity contribution in [3.05, 3.63) is 102 Å². The highest BCUT2D eigenvalue weighted by atomic mass is 19.1. The molecule has 3 nitrogen and oxygen atoms in total. The molecule has 0 fully saturated rings. The molecule has 0 N–H and O–H groups in total. The maximum Gasteiger partial charge on any atom is 0.214 e. The van der Waals surface area contributed by atoms with E-state index in [2.05, 4.69) is 4.98 Å². The van der Waals surface area contributed by atoms with E-state index >= 15 is 0 Å². The Morgan fingerprint density at radius 2 is 1.30 bits per heavy atom. The highest BCUT2D eigenvalue weighted by molar-refractivity contribution is 5.86. The number of rotatable bonds is 6. The lowest BCUT2D eigenvalue weighted by molar-refractivity contribution is 0.294. The second-order valence-corrected chi connectivity index (χ2v) is 6.14. The Morgan fingerprint density at radius 1 is 0.667 bits per heavy atom. The van der Waals surface area contributed by atoms with Crippen LogP contribution in [0.15, 0.2) is 84.9 Å². The van der Waals surface area contributed by atoms with Gasteiger partial charge in [0.2, 0.25) is 5.88 Å². The van der Waals surface area contributed by atoms with Crippen LogP contribution in [0.4, 0.5) is 4.39 Å². The van der Waals surface area contributed by atoms with Crippen molar-refractivity contribution in [1.82, 2.24) is 4.98 Å². The Bertz CT molecular complexity index is 1040. The topological polar surface area (TPSA) is 31.4 Å². The van der Waals surface area contributed by atoms with Gasteiger partial charge in [-0.05, 0) is 29.3 Å². The fourth-order valence-corrected chi connectivity index (χ4v) is 2.81. The number of hydrogen-bond acceptors (Lipinski definition) is 3. The van der Waals surface area contributed by atoms with Crippen LogP contribution in [-0.4, -0.2) is 4.98 Å². The zero-order valence-corrected chi connectivity index (χ0v) is 14.6. The van der Waals surface area contributed by atoms with E-state index in [1.54, 1.807) is 18.2 Å². The summed E-state index contributed by atoms with van der Waals surface area (Å²) in [5, 5.41) is 0.623. The van der Waals surface area contributed by atoms with E-state index in [0.717, 1.165) is 11.1 Å². The fourth-order valence-electron chi connectivity index (χ4n) is 2.81. The largest absolute Gasteiger partial charge is 0.488 e. The van der Waals surface area contributed by atoms with E-state index in [0.29, 0.717) is 30.2 Å². The van der Waals surface area contributed by atoms with E-state index in [1.807, 2.05) is 60.7 Å². The first kappa shape index (κ1) is 17.0. The van der Waals surface area contributed by atoms with Crippen LogP contribution in [0.5, 0.6) is 11.6 Å². The molecular weight excluding hydrogens is 341 g/mol. The van der Waals surface area contributed by atoms with E-state index in [4.69, 9.17) is 9.47 Å². The number of benzene rings is 3. The molecule has 1 aromatic heterocycles. The molecule has 0 amide bonds. The van der Waals surface area contributed by atoms with Crippen LogP contribution in [0.3, 0.4) is 0 Å². The normalized spacial score (nSPS) is 10.7. The predicted octanol–water partition coefficient (Wildman–Crippen LogP) is 5.53. The van der Waals surface area contributed by atoms with E-state index in [1.165, 1.54) is 6.07 Å². The third-order valence-corrected chi connectivity index (χ3v) is 4.21. The standard InChI is InChI=1S/C23H18FNO2/c24-20-12-13-21(26-15-17-7-3-1-4-8-17)19-11-14-22(25-23(19)20)27-16-18-9-5-2-6-10-18/h1-14H,15-16H2. The van der Waals surface area contributed by atoms with Gasteiger partial charge in [0.05, 0.1) is 0 Å². The van der Waals surface area contributed by atoms with Crippen molar-refractivity contribution < 1.29 is 13.9 Å². The van der Waals surface area contributed by atoms with Gasteiger partial charge in [-0.3, -0.25) is 0 Å². The Balaban J connectivity index is 1.55. The summed E-state index contributed by atoms with van der Waals surface area (Å²) in [4.78, 5) is 4.33. The number of pyridine rings is 1. The van der Waals surface area contributed by atoms with Gasteiger partial charge in [-0.25, -0.2) is 9.37 Å². The van der Waals surface area contributed by atoms with Gasteiger partial charge in [0, 0.05) is 11.5 Å². The molecule has 4 rings (SSSR count). The molecule has 4 aromatic rings. The van der Waals surface area contributed by atoms with Crippen LogP contribution in [0.2, 0.25) is 0 Å². The van der Waals surface area contributed by atoms with Gasteiger partial charge in [-0.1, -0.05) is 60.7 Å². The molecule has 0 aliphatic carbocycles. The molecule has 3 aromatic carbocycles. The van der Waals surface area contributed by atoms with Crippen molar-refractivity contribution in [3.63, 3.8) is 0 Å². The summed E-state index contributed by atoms with van der Waals surface area (Å²) in [6.07, 6.45) is 0. The van der Waals surface area contributed by atoms with Crippen molar-refractivity contribution in [2.75, 3.05) is 0 Å². The molecule has 0 saturated carbocycles. The van der Waals surface area contributed by atoms with Crippen LogP contribution in [0, 0.1) is 5.82 Å².